The molecular weight excluding hydrogens is 316 g/mol. The van der Waals surface area contributed by atoms with E-state index in [2.05, 4.69) is 62.2 Å². The maximum Gasteiger partial charge on any atom is 0.224 e. The predicted octanol–water partition coefficient (Wildman–Crippen LogP) is 3.85. The van der Waals surface area contributed by atoms with E-state index in [1.165, 1.54) is 11.1 Å². The molecule has 0 radical (unpaired) electrons. The summed E-state index contributed by atoms with van der Waals surface area (Å²) in [5, 5.41) is 3.13. The highest BCUT2D eigenvalue weighted by atomic mass is 32.2. The number of hydrogen-bond donors (Lipinski definition) is 1. The Bertz CT molecular complexity index is 521. The Kier molecular flexibility index (Phi) is 7.17. The van der Waals surface area contributed by atoms with Gasteiger partial charge in [-0.3, -0.25) is 9.69 Å². The van der Waals surface area contributed by atoms with Crippen LogP contribution in [0.4, 0.5) is 0 Å². The summed E-state index contributed by atoms with van der Waals surface area (Å²) in [5.41, 5.74) is 2.63. The van der Waals surface area contributed by atoms with Gasteiger partial charge in [0.05, 0.1) is 5.92 Å². The summed E-state index contributed by atoms with van der Waals surface area (Å²) < 4.78 is 0.264. The number of aryl methyl sites for hydroxylation is 1. The SMILES string of the molecule is Cc1ccc(CN2CCCC(C(=O)NCCSC(C)(C)C)C2)cc1. The van der Waals surface area contributed by atoms with Crippen molar-refractivity contribution in [2.75, 3.05) is 25.4 Å². The van der Waals surface area contributed by atoms with Crippen LogP contribution in [0.5, 0.6) is 0 Å². The zero-order chi connectivity index (χ0) is 17.6. The summed E-state index contributed by atoms with van der Waals surface area (Å²) in [4.78, 5) is 14.8. The Hall–Kier alpha value is -1.00. The number of rotatable bonds is 6. The highest BCUT2D eigenvalue weighted by Gasteiger charge is 2.25. The van der Waals surface area contributed by atoms with E-state index >= 15 is 0 Å². The van der Waals surface area contributed by atoms with Crippen molar-refractivity contribution in [1.29, 1.82) is 0 Å². The van der Waals surface area contributed by atoms with Crippen molar-refractivity contribution in [2.45, 2.75) is 51.8 Å². The molecule has 1 N–H and O–H groups in total. The first-order chi connectivity index (χ1) is 11.3. The van der Waals surface area contributed by atoms with Gasteiger partial charge in [0.15, 0.2) is 0 Å². The van der Waals surface area contributed by atoms with Gasteiger partial charge in [0, 0.05) is 30.1 Å². The highest BCUT2D eigenvalue weighted by Crippen LogP contribution is 2.22. The Morgan fingerprint density at radius 2 is 2.00 bits per heavy atom. The van der Waals surface area contributed by atoms with Crippen molar-refractivity contribution in [3.8, 4) is 0 Å². The lowest BCUT2D eigenvalue weighted by atomic mass is 9.96. The number of carbonyl (C=O) groups excluding carboxylic acids is 1. The maximum absolute atomic E-state index is 12.4. The topological polar surface area (TPSA) is 32.3 Å². The number of hydrogen-bond acceptors (Lipinski definition) is 3. The van der Waals surface area contributed by atoms with Crippen LogP contribution >= 0.6 is 11.8 Å². The molecule has 4 heteroatoms. The van der Waals surface area contributed by atoms with Gasteiger partial charge in [-0.05, 0) is 31.9 Å². The van der Waals surface area contributed by atoms with Gasteiger partial charge in [0.25, 0.3) is 0 Å². The van der Waals surface area contributed by atoms with E-state index in [0.29, 0.717) is 0 Å². The van der Waals surface area contributed by atoms with Crippen LogP contribution in [0.3, 0.4) is 0 Å². The average molecular weight is 349 g/mol. The average Bonchev–Trinajstić information content (AvgIpc) is 2.53. The molecule has 1 aromatic carbocycles. The lowest BCUT2D eigenvalue weighted by Crippen LogP contribution is -2.43. The fourth-order valence-electron chi connectivity index (χ4n) is 3.04. The van der Waals surface area contributed by atoms with Gasteiger partial charge in [0.2, 0.25) is 5.91 Å². The quantitative estimate of drug-likeness (QED) is 0.793. The van der Waals surface area contributed by atoms with Crippen LogP contribution in [-0.2, 0) is 11.3 Å². The van der Waals surface area contributed by atoms with Gasteiger partial charge in [-0.1, -0.05) is 50.6 Å². The van der Waals surface area contributed by atoms with Crippen LogP contribution in [-0.4, -0.2) is 40.9 Å². The number of benzene rings is 1. The van der Waals surface area contributed by atoms with Crippen LogP contribution < -0.4 is 5.32 Å². The molecule has 1 aliphatic rings. The summed E-state index contributed by atoms with van der Waals surface area (Å²) in [6.07, 6.45) is 2.13. The molecule has 1 unspecified atom stereocenters. The fraction of sp³-hybridized carbons (Fsp3) is 0.650. The normalized spacial score (nSPS) is 19.2. The molecule has 2 rings (SSSR count). The standard InChI is InChI=1S/C20H32N2OS/c1-16-7-9-17(10-8-16)14-22-12-5-6-18(15-22)19(23)21-11-13-24-20(2,3)4/h7-10,18H,5-6,11-15H2,1-4H3,(H,21,23). The number of thioether (sulfide) groups is 1. The summed E-state index contributed by atoms with van der Waals surface area (Å²) in [5.74, 6) is 1.36. The van der Waals surface area contributed by atoms with Crippen molar-refractivity contribution in [2.24, 2.45) is 5.92 Å². The van der Waals surface area contributed by atoms with Crippen LogP contribution in [0.25, 0.3) is 0 Å². The number of nitrogens with one attached hydrogen (secondary N) is 1. The van der Waals surface area contributed by atoms with Crippen LogP contribution in [0, 0.1) is 12.8 Å². The van der Waals surface area contributed by atoms with Gasteiger partial charge >= 0.3 is 0 Å². The second-order valence-electron chi connectivity index (χ2n) is 7.81. The summed E-state index contributed by atoms with van der Waals surface area (Å²) in [6, 6.07) is 8.72. The zero-order valence-corrected chi connectivity index (χ0v) is 16.4. The first-order valence-electron chi connectivity index (χ1n) is 9.03. The molecule has 24 heavy (non-hydrogen) atoms. The van der Waals surface area contributed by atoms with E-state index in [1.54, 1.807) is 0 Å². The molecule has 1 aromatic rings. The monoisotopic (exact) mass is 348 g/mol. The number of amides is 1. The minimum atomic E-state index is 0.142. The van der Waals surface area contributed by atoms with Gasteiger partial charge in [0.1, 0.15) is 0 Å². The minimum Gasteiger partial charge on any atom is -0.355 e. The van der Waals surface area contributed by atoms with Gasteiger partial charge in [-0.25, -0.2) is 0 Å². The zero-order valence-electron chi connectivity index (χ0n) is 15.6. The molecule has 1 amide bonds. The molecule has 1 fully saturated rings. The lowest BCUT2D eigenvalue weighted by molar-refractivity contribution is -0.126. The fourth-order valence-corrected chi connectivity index (χ4v) is 3.86. The maximum atomic E-state index is 12.4. The molecule has 1 aliphatic heterocycles. The molecule has 0 aromatic heterocycles. The molecule has 1 atom stereocenters. The summed E-state index contributed by atoms with van der Waals surface area (Å²) in [6.45, 7) is 12.4. The van der Waals surface area contributed by atoms with Gasteiger partial charge < -0.3 is 5.32 Å². The van der Waals surface area contributed by atoms with Crippen molar-refractivity contribution in [3.63, 3.8) is 0 Å². The second-order valence-corrected chi connectivity index (χ2v) is 9.73. The van der Waals surface area contributed by atoms with Crippen molar-refractivity contribution >= 4 is 17.7 Å². The van der Waals surface area contributed by atoms with E-state index in [1.807, 2.05) is 11.8 Å². The van der Waals surface area contributed by atoms with E-state index < -0.39 is 0 Å². The molecule has 134 valence electrons. The van der Waals surface area contributed by atoms with Crippen LogP contribution in [0.1, 0.15) is 44.7 Å². The largest absolute Gasteiger partial charge is 0.355 e. The minimum absolute atomic E-state index is 0.142. The molecule has 0 bridgehead atoms. The number of likely N-dealkylation sites (tertiary alicyclic amines) is 1. The number of carbonyl (C=O) groups is 1. The van der Waals surface area contributed by atoms with Gasteiger partial charge in [-0.15, -0.1) is 0 Å². The van der Waals surface area contributed by atoms with E-state index in [-0.39, 0.29) is 16.6 Å². The summed E-state index contributed by atoms with van der Waals surface area (Å²) >= 11 is 1.90. The Labute approximate surface area is 151 Å². The van der Waals surface area contributed by atoms with Crippen molar-refractivity contribution < 1.29 is 4.79 Å². The van der Waals surface area contributed by atoms with Crippen LogP contribution in [0.15, 0.2) is 24.3 Å². The second kappa shape index (κ2) is 8.91. The molecular formula is C20H32N2OS. The lowest BCUT2D eigenvalue weighted by Gasteiger charge is -2.32. The molecule has 0 saturated carbocycles. The van der Waals surface area contributed by atoms with Crippen LogP contribution in [0.2, 0.25) is 0 Å². The highest BCUT2D eigenvalue weighted by molar-refractivity contribution is 8.00. The van der Waals surface area contributed by atoms with E-state index in [0.717, 1.165) is 44.8 Å². The van der Waals surface area contributed by atoms with Crippen molar-refractivity contribution in [3.05, 3.63) is 35.4 Å². The predicted molar refractivity (Wildman–Crippen MR) is 104 cm³/mol. The Balaban J connectivity index is 1.75. The molecule has 1 saturated heterocycles. The molecule has 3 nitrogen and oxygen atoms in total. The first kappa shape index (κ1) is 19.3. The van der Waals surface area contributed by atoms with E-state index in [9.17, 15) is 4.79 Å². The Morgan fingerprint density at radius 1 is 1.29 bits per heavy atom. The number of nitrogens with zero attached hydrogens (tertiary/aromatic N) is 1. The number of piperidine rings is 1. The third-order valence-corrected chi connectivity index (χ3v) is 5.61. The van der Waals surface area contributed by atoms with Crippen molar-refractivity contribution in [1.82, 2.24) is 10.2 Å². The third-order valence-electron chi connectivity index (χ3n) is 4.34. The Morgan fingerprint density at radius 3 is 2.67 bits per heavy atom. The first-order valence-corrected chi connectivity index (χ1v) is 10.0. The molecule has 1 heterocycles. The van der Waals surface area contributed by atoms with E-state index in [4.69, 9.17) is 0 Å². The molecule has 0 spiro atoms. The summed E-state index contributed by atoms with van der Waals surface area (Å²) in [7, 11) is 0. The smallest absolute Gasteiger partial charge is 0.224 e. The van der Waals surface area contributed by atoms with Gasteiger partial charge in [-0.2, -0.15) is 11.8 Å². The third kappa shape index (κ3) is 6.86. The molecule has 0 aliphatic carbocycles.